The quantitative estimate of drug-likeness (QED) is 0.754. The van der Waals surface area contributed by atoms with Gasteiger partial charge in [-0.1, -0.05) is 35.9 Å². The van der Waals surface area contributed by atoms with Crippen molar-refractivity contribution in [3.05, 3.63) is 70.2 Å². The van der Waals surface area contributed by atoms with E-state index in [1.165, 1.54) is 11.1 Å². The number of nitrogens with one attached hydrogen (secondary N) is 2. The molecule has 0 saturated carbocycles. The molecule has 0 radical (unpaired) electrons. The van der Waals surface area contributed by atoms with Gasteiger partial charge in [-0.3, -0.25) is 9.59 Å². The highest BCUT2D eigenvalue weighted by Crippen LogP contribution is 2.29. The minimum Gasteiger partial charge on any atom is -0.352 e. The molecule has 0 heterocycles. The number of rotatable bonds is 6. The summed E-state index contributed by atoms with van der Waals surface area (Å²) in [4.78, 5) is 24.2. The van der Waals surface area contributed by atoms with Crippen molar-refractivity contribution in [3.63, 3.8) is 0 Å². The van der Waals surface area contributed by atoms with Crippen LogP contribution >= 0.6 is 11.6 Å². The van der Waals surface area contributed by atoms with Crippen LogP contribution in [0.1, 0.15) is 53.2 Å². The molecule has 0 saturated heterocycles. The molecule has 1 atom stereocenters. The summed E-state index contributed by atoms with van der Waals surface area (Å²) >= 11 is 5.81. The number of amides is 2. The molecule has 4 nitrogen and oxygen atoms in total. The number of halogens is 1. The number of hydrogen-bond acceptors (Lipinski definition) is 2. The van der Waals surface area contributed by atoms with E-state index < -0.39 is 0 Å². The molecular formula is C21H23ClN2O2. The van der Waals surface area contributed by atoms with E-state index in [9.17, 15) is 9.59 Å². The van der Waals surface area contributed by atoms with Crippen LogP contribution in [0, 0.1) is 0 Å². The van der Waals surface area contributed by atoms with Crippen LogP contribution in [0.5, 0.6) is 0 Å². The lowest BCUT2D eigenvalue weighted by Crippen LogP contribution is -2.32. The summed E-state index contributed by atoms with van der Waals surface area (Å²) in [6, 6.07) is 15.2. The minimum absolute atomic E-state index is 0.0347. The largest absolute Gasteiger partial charge is 0.352 e. The van der Waals surface area contributed by atoms with E-state index >= 15 is 0 Å². The van der Waals surface area contributed by atoms with Crippen LogP contribution in [0.4, 0.5) is 0 Å². The highest BCUT2D eigenvalue weighted by molar-refractivity contribution is 6.30. The Kier molecular flexibility index (Phi) is 6.29. The van der Waals surface area contributed by atoms with Crippen LogP contribution in [0.25, 0.3) is 0 Å². The molecule has 1 unspecified atom stereocenters. The van der Waals surface area contributed by atoms with Crippen molar-refractivity contribution in [1.82, 2.24) is 10.6 Å². The summed E-state index contributed by atoms with van der Waals surface area (Å²) in [6.07, 6.45) is 4.17. The Hall–Kier alpha value is -2.33. The maximum Gasteiger partial charge on any atom is 0.251 e. The molecule has 1 aliphatic rings. The molecule has 0 aliphatic heterocycles. The monoisotopic (exact) mass is 370 g/mol. The van der Waals surface area contributed by atoms with Gasteiger partial charge in [0.25, 0.3) is 5.91 Å². The molecule has 2 N–H and O–H groups in total. The molecular weight excluding hydrogens is 348 g/mol. The second kappa shape index (κ2) is 8.86. The van der Waals surface area contributed by atoms with Crippen LogP contribution in [-0.2, 0) is 11.2 Å². The molecule has 5 heteroatoms. The van der Waals surface area contributed by atoms with Crippen molar-refractivity contribution in [2.24, 2.45) is 0 Å². The van der Waals surface area contributed by atoms with Crippen LogP contribution in [0.15, 0.2) is 48.5 Å². The average Bonchev–Trinajstić information content (AvgIpc) is 2.66. The summed E-state index contributed by atoms with van der Waals surface area (Å²) < 4.78 is 0. The lowest BCUT2D eigenvalue weighted by atomic mass is 9.87. The lowest BCUT2D eigenvalue weighted by molar-refractivity contribution is -0.122. The molecule has 0 spiro atoms. The van der Waals surface area contributed by atoms with Crippen molar-refractivity contribution >= 4 is 23.4 Å². The van der Waals surface area contributed by atoms with Gasteiger partial charge in [0.2, 0.25) is 5.91 Å². The third kappa shape index (κ3) is 4.85. The SMILES string of the molecule is O=C(CCCNC(=O)c1ccc(Cl)cc1)NC1CCCc2ccccc21. The zero-order valence-corrected chi connectivity index (χ0v) is 15.4. The first-order valence-corrected chi connectivity index (χ1v) is 9.42. The molecule has 2 amide bonds. The molecule has 0 aromatic heterocycles. The van der Waals surface area contributed by atoms with Gasteiger partial charge in [-0.25, -0.2) is 0 Å². The second-order valence-electron chi connectivity index (χ2n) is 6.58. The fraction of sp³-hybridized carbons (Fsp3) is 0.333. The predicted octanol–water partition coefficient (Wildman–Crippen LogP) is 4.04. The molecule has 2 aromatic rings. The topological polar surface area (TPSA) is 58.2 Å². The van der Waals surface area contributed by atoms with Crippen molar-refractivity contribution in [3.8, 4) is 0 Å². The van der Waals surface area contributed by atoms with Gasteiger partial charge < -0.3 is 10.6 Å². The van der Waals surface area contributed by atoms with Crippen LogP contribution in [0.2, 0.25) is 5.02 Å². The maximum atomic E-state index is 12.2. The Balaban J connectivity index is 1.41. The van der Waals surface area contributed by atoms with E-state index in [2.05, 4.69) is 22.8 Å². The van der Waals surface area contributed by atoms with E-state index in [-0.39, 0.29) is 17.9 Å². The van der Waals surface area contributed by atoms with E-state index in [1.807, 2.05) is 12.1 Å². The molecule has 1 aliphatic carbocycles. The first-order valence-electron chi connectivity index (χ1n) is 9.04. The normalized spacial score (nSPS) is 15.8. The van der Waals surface area contributed by atoms with Gasteiger partial charge in [-0.15, -0.1) is 0 Å². The third-order valence-corrected chi connectivity index (χ3v) is 4.93. The fourth-order valence-corrected chi connectivity index (χ4v) is 3.45. The third-order valence-electron chi connectivity index (χ3n) is 4.68. The molecule has 0 bridgehead atoms. The van der Waals surface area contributed by atoms with E-state index in [0.717, 1.165) is 19.3 Å². The van der Waals surface area contributed by atoms with Gasteiger partial charge in [0.05, 0.1) is 6.04 Å². The zero-order valence-electron chi connectivity index (χ0n) is 14.6. The minimum atomic E-state index is -0.150. The summed E-state index contributed by atoms with van der Waals surface area (Å²) in [5.41, 5.74) is 3.14. The van der Waals surface area contributed by atoms with Crippen molar-refractivity contribution < 1.29 is 9.59 Å². The van der Waals surface area contributed by atoms with Gasteiger partial charge >= 0.3 is 0 Å². The van der Waals surface area contributed by atoms with Crippen molar-refractivity contribution in [2.45, 2.75) is 38.1 Å². The van der Waals surface area contributed by atoms with Crippen LogP contribution in [0.3, 0.4) is 0 Å². The maximum absolute atomic E-state index is 12.2. The number of hydrogen-bond donors (Lipinski definition) is 2. The second-order valence-corrected chi connectivity index (χ2v) is 7.01. The Morgan fingerprint density at radius 3 is 2.65 bits per heavy atom. The summed E-state index contributed by atoms with van der Waals surface area (Å²) in [5.74, 6) is -0.115. The van der Waals surface area contributed by atoms with Crippen LogP contribution in [-0.4, -0.2) is 18.4 Å². The van der Waals surface area contributed by atoms with E-state index in [1.54, 1.807) is 24.3 Å². The zero-order chi connectivity index (χ0) is 18.4. The van der Waals surface area contributed by atoms with Gasteiger partial charge in [-0.2, -0.15) is 0 Å². The van der Waals surface area contributed by atoms with Crippen LogP contribution < -0.4 is 10.6 Å². The molecule has 2 aromatic carbocycles. The highest BCUT2D eigenvalue weighted by Gasteiger charge is 2.21. The Morgan fingerprint density at radius 1 is 1.08 bits per heavy atom. The van der Waals surface area contributed by atoms with Gasteiger partial charge in [0, 0.05) is 23.6 Å². The fourth-order valence-electron chi connectivity index (χ4n) is 3.32. The Labute approximate surface area is 158 Å². The molecule has 0 fully saturated rings. The van der Waals surface area contributed by atoms with Crippen molar-refractivity contribution in [1.29, 1.82) is 0 Å². The molecule has 136 valence electrons. The first kappa shape index (κ1) is 18.5. The smallest absolute Gasteiger partial charge is 0.251 e. The van der Waals surface area contributed by atoms with E-state index in [0.29, 0.717) is 30.0 Å². The standard InChI is InChI=1S/C21H23ClN2O2/c22-17-12-10-16(11-13-17)21(26)23-14-4-9-20(25)24-19-8-3-6-15-5-1-2-7-18(15)19/h1-2,5,7,10-13,19H,3-4,6,8-9,14H2,(H,23,26)(H,24,25). The molecule has 26 heavy (non-hydrogen) atoms. The number of benzene rings is 2. The summed E-state index contributed by atoms with van der Waals surface area (Å²) in [6.45, 7) is 0.468. The number of carbonyl (C=O) groups is 2. The van der Waals surface area contributed by atoms with Gasteiger partial charge in [-0.05, 0) is 61.1 Å². The Morgan fingerprint density at radius 2 is 1.85 bits per heavy atom. The summed E-state index contributed by atoms with van der Waals surface area (Å²) in [5, 5.41) is 6.57. The first-order chi connectivity index (χ1) is 12.6. The molecule has 3 rings (SSSR count). The lowest BCUT2D eigenvalue weighted by Gasteiger charge is -2.26. The number of fused-ring (bicyclic) bond motifs is 1. The average molecular weight is 371 g/mol. The summed E-state index contributed by atoms with van der Waals surface area (Å²) in [7, 11) is 0. The Bertz CT molecular complexity index is 774. The van der Waals surface area contributed by atoms with E-state index in [4.69, 9.17) is 11.6 Å². The number of aryl methyl sites for hydroxylation is 1. The number of carbonyl (C=O) groups excluding carboxylic acids is 2. The van der Waals surface area contributed by atoms with Crippen molar-refractivity contribution in [2.75, 3.05) is 6.54 Å². The highest BCUT2D eigenvalue weighted by atomic mass is 35.5. The predicted molar refractivity (Wildman–Crippen MR) is 103 cm³/mol. The van der Waals surface area contributed by atoms with Gasteiger partial charge in [0.15, 0.2) is 0 Å². The van der Waals surface area contributed by atoms with Gasteiger partial charge in [0.1, 0.15) is 0 Å².